The van der Waals surface area contributed by atoms with E-state index in [1.807, 2.05) is 5.32 Å². The van der Waals surface area contributed by atoms with Crippen LogP contribution in [0, 0.1) is 24.6 Å². The van der Waals surface area contributed by atoms with E-state index >= 15 is 4.39 Å². The fourth-order valence-electron chi connectivity index (χ4n) is 5.85. The summed E-state index contributed by atoms with van der Waals surface area (Å²) in [7, 11) is 0. The molecule has 3 atom stereocenters. The van der Waals surface area contributed by atoms with Gasteiger partial charge in [-0.25, -0.2) is 27.6 Å². The van der Waals surface area contributed by atoms with Crippen molar-refractivity contribution in [3.05, 3.63) is 40.8 Å². The van der Waals surface area contributed by atoms with Crippen LogP contribution in [0.1, 0.15) is 78.2 Å². The lowest BCUT2D eigenvalue weighted by molar-refractivity contribution is -0.150. The van der Waals surface area contributed by atoms with Gasteiger partial charge in [0, 0.05) is 18.4 Å². The van der Waals surface area contributed by atoms with E-state index < -0.39 is 73.3 Å². The second kappa shape index (κ2) is 10.2. The molecule has 0 spiro atoms. The smallest absolute Gasteiger partial charge is 0.410 e. The second-order valence-corrected chi connectivity index (χ2v) is 11.2. The monoisotopic (exact) mass is 600 g/mol. The average molecular weight is 601 g/mol. The molecule has 2 aromatic heterocycles. The summed E-state index contributed by atoms with van der Waals surface area (Å²) in [5.74, 6) is -5.35. The van der Waals surface area contributed by atoms with Crippen LogP contribution >= 0.6 is 0 Å². The van der Waals surface area contributed by atoms with Crippen molar-refractivity contribution in [1.29, 1.82) is 0 Å². The molecular formula is C26H26F6N6O4. The van der Waals surface area contributed by atoms with Gasteiger partial charge in [-0.1, -0.05) is 11.2 Å². The van der Waals surface area contributed by atoms with Crippen molar-refractivity contribution in [2.45, 2.75) is 75.7 Å². The molecule has 0 radical (unpaired) electrons. The minimum absolute atomic E-state index is 0.00925. The molecule has 3 fully saturated rings. The topological polar surface area (TPSA) is 126 Å². The molecule has 6 rings (SSSR count). The Labute approximate surface area is 234 Å². The molecule has 0 unspecified atom stereocenters. The molecule has 2 saturated carbocycles. The lowest BCUT2D eigenvalue weighted by Crippen LogP contribution is -2.40. The van der Waals surface area contributed by atoms with Crippen LogP contribution in [0.2, 0.25) is 0 Å². The van der Waals surface area contributed by atoms with Gasteiger partial charge in [-0.05, 0) is 55.7 Å². The van der Waals surface area contributed by atoms with Crippen LogP contribution in [0.3, 0.4) is 0 Å². The van der Waals surface area contributed by atoms with Crippen molar-refractivity contribution in [3.8, 4) is 0 Å². The maximum atomic E-state index is 16.1. The van der Waals surface area contributed by atoms with Crippen LogP contribution in [-0.4, -0.2) is 56.8 Å². The molecule has 2 N–H and O–H groups in total. The molecule has 42 heavy (non-hydrogen) atoms. The number of nitrogens with zero attached hydrogens (tertiary/aromatic N) is 4. The normalized spacial score (nSPS) is 22.8. The molecule has 0 bridgehead atoms. The van der Waals surface area contributed by atoms with Crippen molar-refractivity contribution >= 4 is 23.0 Å². The number of hydrogen-bond acceptors (Lipinski definition) is 7. The zero-order valence-electron chi connectivity index (χ0n) is 22.2. The quantitative estimate of drug-likeness (QED) is 0.350. The molecule has 16 heteroatoms. The number of alkyl halides is 5. The van der Waals surface area contributed by atoms with Crippen LogP contribution < -0.4 is 10.6 Å². The minimum atomic E-state index is -4.66. The third-order valence-electron chi connectivity index (χ3n) is 8.25. The van der Waals surface area contributed by atoms with Gasteiger partial charge in [0.05, 0.1) is 12.6 Å². The van der Waals surface area contributed by atoms with Crippen molar-refractivity contribution in [2.75, 3.05) is 6.54 Å². The van der Waals surface area contributed by atoms with Crippen LogP contribution in [0.15, 0.2) is 21.2 Å². The number of aryl methyl sites for hydroxylation is 1. The first-order valence-corrected chi connectivity index (χ1v) is 13.5. The number of benzene rings is 1. The van der Waals surface area contributed by atoms with Crippen LogP contribution in [0.5, 0.6) is 0 Å². The van der Waals surface area contributed by atoms with Crippen LogP contribution in [-0.2, 0) is 0 Å². The van der Waals surface area contributed by atoms with E-state index in [0.29, 0.717) is 12.8 Å². The predicted octanol–water partition coefficient (Wildman–Crippen LogP) is 5.36. The van der Waals surface area contributed by atoms with Gasteiger partial charge in [0.15, 0.2) is 17.1 Å². The molecule has 1 aromatic carbocycles. The lowest BCUT2D eigenvalue weighted by Gasteiger charge is -2.32. The summed E-state index contributed by atoms with van der Waals surface area (Å²) in [5.41, 5.74) is -0.206. The Morgan fingerprint density at radius 1 is 1.14 bits per heavy atom. The van der Waals surface area contributed by atoms with E-state index in [-0.39, 0.29) is 52.7 Å². The highest BCUT2D eigenvalue weighted by Gasteiger charge is 2.51. The minimum Gasteiger partial charge on any atom is -0.438 e. The van der Waals surface area contributed by atoms with Crippen molar-refractivity contribution in [1.82, 2.24) is 30.8 Å². The van der Waals surface area contributed by atoms with E-state index in [1.54, 1.807) is 0 Å². The van der Waals surface area contributed by atoms with Gasteiger partial charge in [0.1, 0.15) is 23.3 Å². The first-order chi connectivity index (χ1) is 19.8. The Hall–Kier alpha value is -3.85. The van der Waals surface area contributed by atoms with Gasteiger partial charge in [-0.3, -0.25) is 4.79 Å². The third-order valence-corrected chi connectivity index (χ3v) is 8.25. The van der Waals surface area contributed by atoms with Gasteiger partial charge in [0.2, 0.25) is 11.8 Å². The number of carbonyl (C=O) groups excluding carboxylic acids is 2. The second-order valence-electron chi connectivity index (χ2n) is 11.2. The number of urea groups is 1. The Balaban J connectivity index is 1.34. The van der Waals surface area contributed by atoms with Crippen molar-refractivity contribution in [2.24, 2.45) is 11.8 Å². The fourth-order valence-corrected chi connectivity index (χ4v) is 5.85. The number of hydrogen-bond donors (Lipinski definition) is 2. The highest BCUT2D eigenvalue weighted by atomic mass is 19.4. The highest BCUT2D eigenvalue weighted by molar-refractivity contribution is 5.93. The molecule has 2 aliphatic carbocycles. The Morgan fingerprint density at radius 2 is 1.86 bits per heavy atom. The summed E-state index contributed by atoms with van der Waals surface area (Å²) >= 11 is 0. The number of fused-ring (bicyclic) bond motifs is 1. The standard InChI is InChI=1S/C26H26F6N6O4/c1-11-18(37-42-36-11)22(39)34-19(12-6-8-25(28,29)9-7-12)23-35-20-15(41-23)5-4-14(17(20)27)21(13-2-3-13)38-10-16(26(30,31)32)33-24(38)40/h4-5,12-13,16,19,21H,2-3,6-10H2,1H3,(H,33,40)(H,34,39)/t16-,19-,21-/m0/s1. The third kappa shape index (κ3) is 5.26. The molecule has 1 aliphatic heterocycles. The number of carbonyl (C=O) groups is 2. The SMILES string of the molecule is Cc1nonc1C(=O)N[C@H](c1nc2c(F)c([C@H](C3CC3)N3C[C@@H](C(F)(F)F)NC3=O)ccc2o1)C1CCC(F)(F)CC1. The molecule has 3 aliphatic rings. The summed E-state index contributed by atoms with van der Waals surface area (Å²) < 4.78 is 94.3. The largest absolute Gasteiger partial charge is 0.438 e. The van der Waals surface area contributed by atoms with Crippen molar-refractivity contribution in [3.63, 3.8) is 0 Å². The molecule has 10 nitrogen and oxygen atoms in total. The number of rotatable bonds is 7. The van der Waals surface area contributed by atoms with Gasteiger partial charge in [0.25, 0.3) is 5.91 Å². The lowest BCUT2D eigenvalue weighted by atomic mass is 9.82. The number of oxazole rings is 1. The number of halogens is 6. The maximum absolute atomic E-state index is 16.1. The van der Waals surface area contributed by atoms with E-state index in [0.717, 1.165) is 4.90 Å². The molecular weight excluding hydrogens is 574 g/mol. The molecule has 3 heterocycles. The Morgan fingerprint density at radius 3 is 2.45 bits per heavy atom. The van der Waals surface area contributed by atoms with Crippen LogP contribution in [0.4, 0.5) is 31.1 Å². The highest BCUT2D eigenvalue weighted by Crippen LogP contribution is 2.48. The average Bonchev–Trinajstić information content (AvgIpc) is 3.30. The van der Waals surface area contributed by atoms with Crippen LogP contribution in [0.25, 0.3) is 11.1 Å². The van der Waals surface area contributed by atoms with Gasteiger partial charge in [-0.15, -0.1) is 0 Å². The Bertz CT molecular complexity index is 1510. The van der Waals surface area contributed by atoms with Crippen molar-refractivity contribution < 1.29 is 45.0 Å². The molecule has 3 aromatic rings. The summed E-state index contributed by atoms with van der Waals surface area (Å²) in [6, 6.07) is -2.26. The first-order valence-electron chi connectivity index (χ1n) is 13.5. The Kier molecular flexibility index (Phi) is 6.84. The fraction of sp³-hybridized carbons (Fsp3) is 0.577. The van der Waals surface area contributed by atoms with E-state index in [9.17, 15) is 31.5 Å². The van der Waals surface area contributed by atoms with Gasteiger partial charge >= 0.3 is 12.2 Å². The van der Waals surface area contributed by atoms with E-state index in [2.05, 4.69) is 25.2 Å². The maximum Gasteiger partial charge on any atom is 0.410 e. The zero-order chi connectivity index (χ0) is 30.0. The molecule has 1 saturated heterocycles. The molecule has 3 amide bonds. The number of nitrogens with one attached hydrogen (secondary N) is 2. The van der Waals surface area contributed by atoms with Gasteiger partial charge < -0.3 is 20.0 Å². The first kappa shape index (κ1) is 28.3. The summed E-state index contributed by atoms with van der Waals surface area (Å²) in [5, 5.41) is 11.8. The number of amides is 3. The number of aromatic nitrogens is 3. The van der Waals surface area contributed by atoms with E-state index in [4.69, 9.17) is 4.42 Å². The summed E-state index contributed by atoms with van der Waals surface area (Å²) in [4.78, 5) is 30.8. The van der Waals surface area contributed by atoms with Gasteiger partial charge in [-0.2, -0.15) is 13.2 Å². The summed E-state index contributed by atoms with van der Waals surface area (Å²) in [6.45, 7) is 0.827. The van der Waals surface area contributed by atoms with E-state index in [1.165, 1.54) is 19.1 Å². The summed E-state index contributed by atoms with van der Waals surface area (Å²) in [6.07, 6.45) is -4.26. The predicted molar refractivity (Wildman–Crippen MR) is 131 cm³/mol. The zero-order valence-corrected chi connectivity index (χ0v) is 22.2. The molecule has 226 valence electrons.